The molecule has 1 aromatic rings. The molecule has 0 saturated heterocycles. The van der Waals surface area contributed by atoms with Crippen LogP contribution in [0.15, 0.2) is 36.5 Å². The van der Waals surface area contributed by atoms with Crippen LogP contribution >= 0.6 is 0 Å². The molecule has 3 nitrogen and oxygen atoms in total. The smallest absolute Gasteiger partial charge is 0.227 e. The van der Waals surface area contributed by atoms with Crippen molar-refractivity contribution in [3.8, 4) is 0 Å². The zero-order valence-electron chi connectivity index (χ0n) is 9.15. The first-order valence-electron chi connectivity index (χ1n) is 5.57. The van der Waals surface area contributed by atoms with E-state index in [4.69, 9.17) is 5.73 Å². The number of para-hydroxylation sites is 1. The first-order chi connectivity index (χ1) is 7.81. The van der Waals surface area contributed by atoms with E-state index < -0.39 is 0 Å². The predicted octanol–water partition coefficient (Wildman–Crippen LogP) is 2.05. The monoisotopic (exact) mass is 216 g/mol. The molecule has 0 fully saturated rings. The summed E-state index contributed by atoms with van der Waals surface area (Å²) < 4.78 is 0. The number of carbonyl (C=O) groups excluding carboxylic acids is 1. The van der Waals surface area contributed by atoms with Crippen molar-refractivity contribution in [2.75, 3.05) is 5.32 Å². The topological polar surface area (TPSA) is 55.1 Å². The molecule has 1 heterocycles. The summed E-state index contributed by atoms with van der Waals surface area (Å²) in [4.78, 5) is 11.9. The van der Waals surface area contributed by atoms with Crippen LogP contribution in [0.3, 0.4) is 0 Å². The van der Waals surface area contributed by atoms with Gasteiger partial charge in [0, 0.05) is 11.6 Å². The van der Waals surface area contributed by atoms with Crippen LogP contribution < -0.4 is 11.1 Å². The van der Waals surface area contributed by atoms with E-state index in [0.717, 1.165) is 24.9 Å². The molecule has 16 heavy (non-hydrogen) atoms. The molecular formula is C13H16N2O. The third-order valence-corrected chi connectivity index (χ3v) is 2.96. The van der Waals surface area contributed by atoms with Gasteiger partial charge in [0.2, 0.25) is 5.91 Å². The maximum atomic E-state index is 11.9. The first kappa shape index (κ1) is 10.7. The number of allylic oxidation sites excluding steroid dienone is 1. The minimum absolute atomic E-state index is 0.0344. The lowest BCUT2D eigenvalue weighted by atomic mass is 9.97. The lowest BCUT2D eigenvalue weighted by molar-refractivity contribution is -0.119. The van der Waals surface area contributed by atoms with Gasteiger partial charge in [-0.15, -0.1) is 0 Å². The highest BCUT2D eigenvalue weighted by Crippen LogP contribution is 2.25. The molecule has 3 N–H and O–H groups in total. The highest BCUT2D eigenvalue weighted by Gasteiger charge is 2.21. The summed E-state index contributed by atoms with van der Waals surface area (Å²) in [6, 6.07) is 7.97. The molecule has 2 rings (SSSR count). The zero-order chi connectivity index (χ0) is 11.4. The Balaban J connectivity index is 2.15. The van der Waals surface area contributed by atoms with Gasteiger partial charge in [-0.05, 0) is 37.1 Å². The average molecular weight is 216 g/mol. The van der Waals surface area contributed by atoms with Crippen molar-refractivity contribution in [3.63, 3.8) is 0 Å². The minimum Gasteiger partial charge on any atom is -0.405 e. The Morgan fingerprint density at radius 2 is 2.25 bits per heavy atom. The number of fused-ring (bicyclic) bond motifs is 1. The van der Waals surface area contributed by atoms with E-state index in [9.17, 15) is 4.79 Å². The lowest BCUT2D eigenvalue weighted by Gasteiger charge is -2.09. The van der Waals surface area contributed by atoms with Gasteiger partial charge in [0.05, 0.1) is 0 Å². The maximum Gasteiger partial charge on any atom is 0.227 e. The van der Waals surface area contributed by atoms with Crippen LogP contribution in [-0.2, 0) is 11.2 Å². The third-order valence-electron chi connectivity index (χ3n) is 2.96. The van der Waals surface area contributed by atoms with E-state index in [1.165, 1.54) is 11.8 Å². The van der Waals surface area contributed by atoms with Gasteiger partial charge in [-0.1, -0.05) is 24.3 Å². The molecular weight excluding hydrogens is 200 g/mol. The molecule has 1 unspecified atom stereocenters. The quantitative estimate of drug-likeness (QED) is 0.795. The summed E-state index contributed by atoms with van der Waals surface area (Å²) in [6.07, 6.45) is 5.90. The molecule has 0 spiro atoms. The predicted molar refractivity (Wildman–Crippen MR) is 64.8 cm³/mol. The van der Waals surface area contributed by atoms with Gasteiger partial charge in [0.1, 0.15) is 0 Å². The second kappa shape index (κ2) is 4.84. The number of hydrogen-bond acceptors (Lipinski definition) is 2. The summed E-state index contributed by atoms with van der Waals surface area (Å²) in [5.41, 5.74) is 7.47. The van der Waals surface area contributed by atoms with E-state index in [1.54, 1.807) is 0 Å². The van der Waals surface area contributed by atoms with E-state index in [0.29, 0.717) is 0 Å². The van der Waals surface area contributed by atoms with Crippen LogP contribution in [0.2, 0.25) is 0 Å². The van der Waals surface area contributed by atoms with Crippen molar-refractivity contribution < 1.29 is 4.79 Å². The Kier molecular flexibility index (Phi) is 3.25. The van der Waals surface area contributed by atoms with E-state index in [2.05, 4.69) is 11.4 Å². The van der Waals surface area contributed by atoms with E-state index in [1.807, 2.05) is 24.3 Å². The fourth-order valence-corrected chi connectivity index (χ4v) is 2.02. The van der Waals surface area contributed by atoms with E-state index in [-0.39, 0.29) is 11.8 Å². The normalized spacial score (nSPS) is 20.2. The number of nitrogens with one attached hydrogen (secondary N) is 1. The number of carbonyl (C=O) groups is 1. The summed E-state index contributed by atoms with van der Waals surface area (Å²) in [7, 11) is 0. The lowest BCUT2D eigenvalue weighted by Crippen LogP contribution is -2.20. The van der Waals surface area contributed by atoms with Crippen LogP contribution in [0, 0.1) is 5.92 Å². The number of hydrogen-bond donors (Lipinski definition) is 2. The number of nitrogens with two attached hydrogens (primary N) is 1. The number of aryl methyl sites for hydroxylation is 1. The fraction of sp³-hybridized carbons (Fsp3) is 0.308. The maximum absolute atomic E-state index is 11.9. The molecule has 3 heteroatoms. The molecule has 1 aromatic carbocycles. The molecule has 1 aliphatic heterocycles. The van der Waals surface area contributed by atoms with Gasteiger partial charge < -0.3 is 11.1 Å². The fourth-order valence-electron chi connectivity index (χ4n) is 2.02. The Morgan fingerprint density at radius 1 is 1.44 bits per heavy atom. The molecule has 1 aliphatic rings. The molecule has 0 bridgehead atoms. The SMILES string of the molecule is NC=CCC1CCc2ccccc2NC1=O. The molecule has 0 radical (unpaired) electrons. The van der Waals surface area contributed by atoms with E-state index >= 15 is 0 Å². The Morgan fingerprint density at radius 3 is 3.06 bits per heavy atom. The number of anilines is 1. The minimum atomic E-state index is 0.0344. The second-order valence-corrected chi connectivity index (χ2v) is 4.05. The highest BCUT2D eigenvalue weighted by molar-refractivity contribution is 5.94. The first-order valence-corrected chi connectivity index (χ1v) is 5.57. The van der Waals surface area contributed by atoms with Gasteiger partial charge >= 0.3 is 0 Å². The highest BCUT2D eigenvalue weighted by atomic mass is 16.1. The van der Waals surface area contributed by atoms with Crippen molar-refractivity contribution in [2.24, 2.45) is 11.7 Å². The molecule has 1 atom stereocenters. The van der Waals surface area contributed by atoms with Crippen LogP contribution in [0.1, 0.15) is 18.4 Å². The molecule has 84 valence electrons. The standard InChI is InChI=1S/C13H16N2O/c14-9-3-5-11-8-7-10-4-1-2-6-12(10)15-13(11)16/h1-4,6,9,11H,5,7-8,14H2,(H,15,16). The molecule has 0 aromatic heterocycles. The van der Waals surface area contributed by atoms with Gasteiger partial charge in [-0.2, -0.15) is 0 Å². The number of benzene rings is 1. The Bertz CT molecular complexity index is 412. The summed E-state index contributed by atoms with van der Waals surface area (Å²) in [6.45, 7) is 0. The van der Waals surface area contributed by atoms with Crippen molar-refractivity contribution in [2.45, 2.75) is 19.3 Å². The number of amides is 1. The van der Waals surface area contributed by atoms with Gasteiger partial charge in [0.25, 0.3) is 0 Å². The summed E-state index contributed by atoms with van der Waals surface area (Å²) in [5, 5.41) is 2.97. The molecule has 1 amide bonds. The average Bonchev–Trinajstić information content (AvgIpc) is 2.45. The van der Waals surface area contributed by atoms with Gasteiger partial charge in [-0.3, -0.25) is 4.79 Å². The summed E-state index contributed by atoms with van der Waals surface area (Å²) in [5.74, 6) is 0.134. The van der Waals surface area contributed by atoms with Crippen molar-refractivity contribution in [3.05, 3.63) is 42.1 Å². The number of rotatable bonds is 2. The molecule has 0 aliphatic carbocycles. The van der Waals surface area contributed by atoms with Crippen molar-refractivity contribution >= 4 is 11.6 Å². The van der Waals surface area contributed by atoms with Crippen LogP contribution in [0.5, 0.6) is 0 Å². The van der Waals surface area contributed by atoms with Crippen LogP contribution in [0.4, 0.5) is 5.69 Å². The Hall–Kier alpha value is -1.77. The van der Waals surface area contributed by atoms with Gasteiger partial charge in [0.15, 0.2) is 0 Å². The van der Waals surface area contributed by atoms with Gasteiger partial charge in [-0.25, -0.2) is 0 Å². The van der Waals surface area contributed by atoms with Crippen LogP contribution in [0.25, 0.3) is 0 Å². The molecule has 0 saturated carbocycles. The largest absolute Gasteiger partial charge is 0.405 e. The summed E-state index contributed by atoms with van der Waals surface area (Å²) >= 11 is 0. The van der Waals surface area contributed by atoms with Crippen molar-refractivity contribution in [1.82, 2.24) is 0 Å². The zero-order valence-corrected chi connectivity index (χ0v) is 9.15. The third kappa shape index (κ3) is 2.24. The second-order valence-electron chi connectivity index (χ2n) is 4.05. The Labute approximate surface area is 95.3 Å². The van der Waals surface area contributed by atoms with Crippen molar-refractivity contribution in [1.29, 1.82) is 0 Å². The van der Waals surface area contributed by atoms with Crippen LogP contribution in [-0.4, -0.2) is 5.91 Å².